The Morgan fingerprint density at radius 3 is 2.88 bits per heavy atom. The van der Waals surface area contributed by atoms with Crippen LogP contribution in [-0.2, 0) is 23.8 Å². The van der Waals surface area contributed by atoms with E-state index < -0.39 is 27.4 Å². The third kappa shape index (κ3) is 1.20. The first kappa shape index (κ1) is 10.3. The molecule has 16 heavy (non-hydrogen) atoms. The van der Waals surface area contributed by atoms with Crippen LogP contribution in [0.3, 0.4) is 0 Å². The summed E-state index contributed by atoms with van der Waals surface area (Å²) in [5, 5.41) is -0.653. The van der Waals surface area contributed by atoms with Crippen LogP contribution in [0.4, 0.5) is 0 Å². The van der Waals surface area contributed by atoms with Gasteiger partial charge in [0.15, 0.2) is 0 Å². The Balaban J connectivity index is 1.91. The van der Waals surface area contributed by atoms with E-state index in [4.69, 9.17) is 8.92 Å². The van der Waals surface area contributed by atoms with Crippen LogP contribution in [0.25, 0.3) is 0 Å². The van der Waals surface area contributed by atoms with E-state index >= 15 is 0 Å². The lowest BCUT2D eigenvalue weighted by molar-refractivity contribution is -0.145. The van der Waals surface area contributed by atoms with Gasteiger partial charge in [-0.25, -0.2) is 4.79 Å². The maximum atomic E-state index is 11.7. The Bertz CT molecular complexity index is 452. The van der Waals surface area contributed by atoms with Crippen LogP contribution in [0.5, 0.6) is 0 Å². The van der Waals surface area contributed by atoms with Gasteiger partial charge in [0.2, 0.25) is 0 Å². The summed E-state index contributed by atoms with van der Waals surface area (Å²) in [5.74, 6) is -0.421. The minimum Gasteiger partial charge on any atom is -0.457 e. The molecule has 2 saturated carbocycles. The van der Waals surface area contributed by atoms with Gasteiger partial charge in [0.1, 0.15) is 11.4 Å². The zero-order valence-corrected chi connectivity index (χ0v) is 9.35. The molecule has 88 valence electrons. The molecule has 0 aromatic rings. The summed E-state index contributed by atoms with van der Waals surface area (Å²) in [6.07, 6.45) is 1.79. The summed E-state index contributed by atoms with van der Waals surface area (Å²) in [6.45, 7) is 3.31. The number of carbonyl (C=O) groups excluding carboxylic acids is 1. The molecule has 3 rings (SSSR count). The number of hydrogen-bond acceptors (Lipinski definition) is 5. The number of esters is 1. The Labute approximate surface area is 93.5 Å². The van der Waals surface area contributed by atoms with Crippen LogP contribution in [0.15, 0.2) is 12.7 Å². The molecule has 0 radical (unpaired) electrons. The van der Waals surface area contributed by atoms with Gasteiger partial charge in [-0.1, -0.05) is 6.58 Å². The van der Waals surface area contributed by atoms with E-state index in [1.54, 1.807) is 0 Å². The molecule has 5 atom stereocenters. The third-order valence-corrected chi connectivity index (χ3v) is 5.61. The summed E-state index contributed by atoms with van der Waals surface area (Å²) >= 11 is 0. The van der Waals surface area contributed by atoms with Crippen molar-refractivity contribution in [2.24, 2.45) is 11.8 Å². The summed E-state index contributed by atoms with van der Waals surface area (Å²) in [6, 6.07) is 0. The number of ether oxygens (including phenoxy) is 1. The number of rotatable bonds is 2. The quantitative estimate of drug-likeness (QED) is 0.395. The Morgan fingerprint density at radius 2 is 2.19 bits per heavy atom. The largest absolute Gasteiger partial charge is 0.457 e. The zero-order chi connectivity index (χ0) is 11.5. The number of hydrogen-bond donors (Lipinski definition) is 0. The molecule has 0 spiro atoms. The molecule has 5 unspecified atom stereocenters. The van der Waals surface area contributed by atoms with Gasteiger partial charge >= 0.3 is 5.97 Å². The van der Waals surface area contributed by atoms with Crippen LogP contribution in [0, 0.1) is 11.8 Å². The minimum atomic E-state index is -3.55. The SMILES string of the molecule is C=CC(=O)OC1C2CC3OS(=O)(=O)C1C3C2. The fourth-order valence-electron chi connectivity index (χ4n) is 3.27. The molecule has 3 fully saturated rings. The van der Waals surface area contributed by atoms with Gasteiger partial charge < -0.3 is 4.74 Å². The van der Waals surface area contributed by atoms with E-state index in [2.05, 4.69) is 6.58 Å². The van der Waals surface area contributed by atoms with Crippen molar-refractivity contribution in [3.8, 4) is 0 Å². The smallest absolute Gasteiger partial charge is 0.330 e. The summed E-state index contributed by atoms with van der Waals surface area (Å²) in [7, 11) is -3.55. The van der Waals surface area contributed by atoms with Gasteiger partial charge in [0.05, 0.1) is 6.10 Å². The molecule has 0 N–H and O–H groups in total. The van der Waals surface area contributed by atoms with E-state index in [-0.39, 0.29) is 17.9 Å². The van der Waals surface area contributed by atoms with Crippen LogP contribution >= 0.6 is 0 Å². The second kappa shape index (κ2) is 3.07. The molecule has 2 bridgehead atoms. The fourth-order valence-corrected chi connectivity index (χ4v) is 5.28. The maximum absolute atomic E-state index is 11.7. The van der Waals surface area contributed by atoms with Crippen molar-refractivity contribution in [2.75, 3.05) is 0 Å². The molecule has 0 aromatic heterocycles. The predicted octanol–water partition coefficient (Wildman–Crippen LogP) is 0.221. The fraction of sp³-hybridized carbons (Fsp3) is 0.700. The Morgan fingerprint density at radius 1 is 1.44 bits per heavy atom. The van der Waals surface area contributed by atoms with E-state index in [1.807, 2.05) is 0 Å². The van der Waals surface area contributed by atoms with Crippen molar-refractivity contribution in [2.45, 2.75) is 30.3 Å². The van der Waals surface area contributed by atoms with Crippen molar-refractivity contribution in [1.29, 1.82) is 0 Å². The van der Waals surface area contributed by atoms with Gasteiger partial charge in [-0.2, -0.15) is 8.42 Å². The van der Waals surface area contributed by atoms with E-state index in [9.17, 15) is 13.2 Å². The van der Waals surface area contributed by atoms with Crippen LogP contribution in [0.2, 0.25) is 0 Å². The molecule has 0 amide bonds. The molecule has 6 heteroatoms. The molecule has 1 saturated heterocycles. The lowest BCUT2D eigenvalue weighted by Crippen LogP contribution is -2.38. The lowest BCUT2D eigenvalue weighted by atomic mass is 9.95. The highest BCUT2D eigenvalue weighted by molar-refractivity contribution is 7.87. The van der Waals surface area contributed by atoms with Gasteiger partial charge in [-0.3, -0.25) is 4.18 Å². The Hall–Kier alpha value is -0.880. The second-order valence-electron chi connectivity index (χ2n) is 4.59. The van der Waals surface area contributed by atoms with Gasteiger partial charge in [-0.15, -0.1) is 0 Å². The molecule has 1 aliphatic heterocycles. The van der Waals surface area contributed by atoms with Crippen molar-refractivity contribution in [1.82, 2.24) is 0 Å². The standard InChI is InChI=1S/C10H12O5S/c1-2-8(11)14-9-5-3-6-7(4-5)15-16(12,13)10(6)9/h2,5-7,9-10H,1,3-4H2. The highest BCUT2D eigenvalue weighted by atomic mass is 32.2. The van der Waals surface area contributed by atoms with Crippen LogP contribution in [0.1, 0.15) is 12.8 Å². The summed E-state index contributed by atoms with van der Waals surface area (Å²) in [4.78, 5) is 11.2. The molecule has 0 aromatic carbocycles. The first-order valence-corrected chi connectivity index (χ1v) is 6.75. The van der Waals surface area contributed by atoms with Gasteiger partial charge in [0, 0.05) is 17.9 Å². The summed E-state index contributed by atoms with van der Waals surface area (Å²) < 4.78 is 33.6. The zero-order valence-electron chi connectivity index (χ0n) is 8.53. The molecular weight excluding hydrogens is 232 g/mol. The topological polar surface area (TPSA) is 69.7 Å². The molecule has 3 aliphatic rings. The van der Waals surface area contributed by atoms with Gasteiger partial charge in [0.25, 0.3) is 10.1 Å². The molecule has 2 aliphatic carbocycles. The minimum absolute atomic E-state index is 0.0117. The van der Waals surface area contributed by atoms with E-state index in [1.165, 1.54) is 0 Å². The van der Waals surface area contributed by atoms with E-state index in [0.29, 0.717) is 6.42 Å². The van der Waals surface area contributed by atoms with Crippen molar-refractivity contribution in [3.05, 3.63) is 12.7 Å². The van der Waals surface area contributed by atoms with Crippen molar-refractivity contribution >= 4 is 16.1 Å². The van der Waals surface area contributed by atoms with E-state index in [0.717, 1.165) is 12.5 Å². The summed E-state index contributed by atoms with van der Waals surface area (Å²) in [5.41, 5.74) is 0. The number of fused-ring (bicyclic) bond motifs is 1. The number of carbonyl (C=O) groups is 1. The maximum Gasteiger partial charge on any atom is 0.330 e. The first-order valence-electron chi connectivity index (χ1n) is 5.28. The average Bonchev–Trinajstić information content (AvgIpc) is 2.77. The monoisotopic (exact) mass is 244 g/mol. The molecule has 1 heterocycles. The lowest BCUT2D eigenvalue weighted by Gasteiger charge is -2.23. The molecule has 5 nitrogen and oxygen atoms in total. The predicted molar refractivity (Wildman–Crippen MR) is 53.9 cm³/mol. The van der Waals surface area contributed by atoms with Gasteiger partial charge in [-0.05, 0) is 12.8 Å². The van der Waals surface area contributed by atoms with Crippen LogP contribution in [-0.4, -0.2) is 31.8 Å². The van der Waals surface area contributed by atoms with Crippen LogP contribution < -0.4 is 0 Å². The second-order valence-corrected chi connectivity index (χ2v) is 6.32. The average molecular weight is 244 g/mol. The first-order chi connectivity index (χ1) is 7.53. The van der Waals surface area contributed by atoms with Crippen molar-refractivity contribution < 1.29 is 22.1 Å². The van der Waals surface area contributed by atoms with Crippen molar-refractivity contribution in [3.63, 3.8) is 0 Å². The Kier molecular flexibility index (Phi) is 1.98. The third-order valence-electron chi connectivity index (χ3n) is 3.81. The normalized spacial score (nSPS) is 46.9. The molecular formula is C10H12O5S. The highest BCUT2D eigenvalue weighted by Crippen LogP contribution is 2.55. The highest BCUT2D eigenvalue weighted by Gasteiger charge is 2.65.